The molecule has 1 aliphatic rings. The summed E-state index contributed by atoms with van der Waals surface area (Å²) in [7, 11) is 1.91. The molecule has 0 bridgehead atoms. The van der Waals surface area contributed by atoms with Gasteiger partial charge in [-0.1, -0.05) is 19.8 Å². The molecule has 2 atom stereocenters. The van der Waals surface area contributed by atoms with E-state index < -0.39 is 0 Å². The van der Waals surface area contributed by atoms with Crippen LogP contribution in [0.4, 0.5) is 0 Å². The molecule has 3 heteroatoms. The fraction of sp³-hybridized carbons (Fsp3) is 0.923. The summed E-state index contributed by atoms with van der Waals surface area (Å²) in [6.07, 6.45) is 4.97. The molecular formula is C13H25NO2. The van der Waals surface area contributed by atoms with Crippen LogP contribution in [0.15, 0.2) is 0 Å². The number of ether oxygens (including phenoxy) is 1. The van der Waals surface area contributed by atoms with Crippen molar-refractivity contribution >= 4 is 5.91 Å². The van der Waals surface area contributed by atoms with Gasteiger partial charge in [-0.2, -0.15) is 0 Å². The second-order valence-corrected chi connectivity index (χ2v) is 5.29. The molecule has 0 aliphatic heterocycles. The molecule has 16 heavy (non-hydrogen) atoms. The van der Waals surface area contributed by atoms with Gasteiger partial charge in [-0.05, 0) is 32.6 Å². The minimum absolute atomic E-state index is 0.118. The van der Waals surface area contributed by atoms with Gasteiger partial charge in [0.15, 0.2) is 0 Å². The van der Waals surface area contributed by atoms with Crippen molar-refractivity contribution in [1.82, 2.24) is 4.90 Å². The van der Waals surface area contributed by atoms with Crippen LogP contribution in [-0.4, -0.2) is 36.6 Å². The van der Waals surface area contributed by atoms with Gasteiger partial charge in [0, 0.05) is 13.1 Å². The maximum absolute atomic E-state index is 11.9. The summed E-state index contributed by atoms with van der Waals surface area (Å²) in [5.74, 6) is 0.868. The Morgan fingerprint density at radius 2 is 2.12 bits per heavy atom. The standard InChI is InChI=1S/C13H25NO2/c1-10(2)16-9-13(15)14(4)12-7-5-6-11(3)8-12/h10-12H,5-9H2,1-4H3. The molecule has 1 rings (SSSR count). The van der Waals surface area contributed by atoms with Gasteiger partial charge in [0.2, 0.25) is 5.91 Å². The lowest BCUT2D eigenvalue weighted by Crippen LogP contribution is -2.41. The van der Waals surface area contributed by atoms with E-state index in [1.54, 1.807) is 0 Å². The number of likely N-dealkylation sites (N-methyl/N-ethyl adjacent to an activating group) is 1. The van der Waals surface area contributed by atoms with Crippen molar-refractivity contribution in [1.29, 1.82) is 0 Å². The van der Waals surface area contributed by atoms with Gasteiger partial charge in [-0.15, -0.1) is 0 Å². The number of nitrogens with zero attached hydrogens (tertiary/aromatic N) is 1. The Labute approximate surface area is 99.1 Å². The lowest BCUT2D eigenvalue weighted by atomic mass is 9.86. The van der Waals surface area contributed by atoms with Gasteiger partial charge in [0.05, 0.1) is 6.10 Å². The van der Waals surface area contributed by atoms with E-state index in [0.717, 1.165) is 18.8 Å². The summed E-state index contributed by atoms with van der Waals surface area (Å²) < 4.78 is 5.35. The predicted octanol–water partition coefficient (Wildman–Crippen LogP) is 2.45. The number of hydrogen-bond donors (Lipinski definition) is 0. The van der Waals surface area contributed by atoms with Crippen LogP contribution in [0.25, 0.3) is 0 Å². The minimum atomic E-state index is 0.118. The largest absolute Gasteiger partial charge is 0.369 e. The third kappa shape index (κ3) is 4.12. The molecule has 2 unspecified atom stereocenters. The van der Waals surface area contributed by atoms with Crippen molar-refractivity contribution < 1.29 is 9.53 Å². The quantitative estimate of drug-likeness (QED) is 0.738. The van der Waals surface area contributed by atoms with Gasteiger partial charge in [0.1, 0.15) is 6.61 Å². The molecule has 3 nitrogen and oxygen atoms in total. The van der Waals surface area contributed by atoms with Crippen LogP contribution in [0.1, 0.15) is 46.5 Å². The average Bonchev–Trinajstić information content (AvgIpc) is 2.24. The highest BCUT2D eigenvalue weighted by molar-refractivity contribution is 5.77. The zero-order chi connectivity index (χ0) is 12.1. The first-order valence-electron chi connectivity index (χ1n) is 6.38. The Hall–Kier alpha value is -0.570. The summed E-state index contributed by atoms with van der Waals surface area (Å²) in [5.41, 5.74) is 0. The normalized spacial score (nSPS) is 25.8. The first-order chi connectivity index (χ1) is 7.50. The highest BCUT2D eigenvalue weighted by Gasteiger charge is 2.25. The summed E-state index contributed by atoms with van der Waals surface area (Å²) in [6.45, 7) is 6.40. The van der Waals surface area contributed by atoms with Gasteiger partial charge in [-0.3, -0.25) is 4.79 Å². The number of amides is 1. The van der Waals surface area contributed by atoms with Crippen molar-refractivity contribution in [2.75, 3.05) is 13.7 Å². The van der Waals surface area contributed by atoms with Crippen LogP contribution in [0, 0.1) is 5.92 Å². The second kappa shape index (κ2) is 6.24. The number of carbonyl (C=O) groups is 1. The van der Waals surface area contributed by atoms with Gasteiger partial charge in [-0.25, -0.2) is 0 Å². The molecule has 0 aromatic rings. The topological polar surface area (TPSA) is 29.5 Å². The Bertz CT molecular complexity index is 228. The third-order valence-electron chi connectivity index (χ3n) is 3.39. The fourth-order valence-electron chi connectivity index (χ4n) is 2.30. The zero-order valence-corrected chi connectivity index (χ0v) is 11.0. The molecule has 0 saturated heterocycles. The van der Waals surface area contributed by atoms with Crippen LogP contribution in [0.3, 0.4) is 0 Å². The minimum Gasteiger partial charge on any atom is -0.369 e. The average molecular weight is 227 g/mol. The van der Waals surface area contributed by atoms with Crippen molar-refractivity contribution in [3.8, 4) is 0 Å². The Kier molecular flexibility index (Phi) is 5.26. The first-order valence-corrected chi connectivity index (χ1v) is 6.38. The Morgan fingerprint density at radius 1 is 1.44 bits per heavy atom. The highest BCUT2D eigenvalue weighted by Crippen LogP contribution is 2.26. The maximum Gasteiger partial charge on any atom is 0.248 e. The summed E-state index contributed by atoms with van der Waals surface area (Å²) in [5, 5.41) is 0. The molecule has 0 aromatic carbocycles. The molecule has 94 valence electrons. The van der Waals surface area contributed by atoms with Gasteiger partial charge in [0.25, 0.3) is 0 Å². The molecule has 0 radical (unpaired) electrons. The number of carbonyl (C=O) groups excluding carboxylic acids is 1. The molecule has 0 heterocycles. The predicted molar refractivity (Wildman–Crippen MR) is 65.3 cm³/mol. The Morgan fingerprint density at radius 3 is 2.69 bits per heavy atom. The smallest absolute Gasteiger partial charge is 0.248 e. The molecule has 1 aliphatic carbocycles. The van der Waals surface area contributed by atoms with Crippen LogP contribution >= 0.6 is 0 Å². The molecule has 1 amide bonds. The lowest BCUT2D eigenvalue weighted by molar-refractivity contribution is -0.139. The molecular weight excluding hydrogens is 202 g/mol. The van der Waals surface area contributed by atoms with E-state index in [4.69, 9.17) is 4.74 Å². The van der Waals surface area contributed by atoms with E-state index in [1.807, 2.05) is 25.8 Å². The fourth-order valence-corrected chi connectivity index (χ4v) is 2.30. The monoisotopic (exact) mass is 227 g/mol. The van der Waals surface area contributed by atoms with E-state index in [-0.39, 0.29) is 18.6 Å². The zero-order valence-electron chi connectivity index (χ0n) is 11.0. The van der Waals surface area contributed by atoms with Crippen LogP contribution < -0.4 is 0 Å². The van der Waals surface area contributed by atoms with Crippen molar-refractivity contribution in [2.45, 2.75) is 58.6 Å². The van der Waals surface area contributed by atoms with Crippen LogP contribution in [0.5, 0.6) is 0 Å². The van der Waals surface area contributed by atoms with Crippen LogP contribution in [-0.2, 0) is 9.53 Å². The summed E-state index contributed by atoms with van der Waals surface area (Å²) in [6, 6.07) is 0.423. The molecule has 0 aromatic heterocycles. The molecule has 0 spiro atoms. The first kappa shape index (κ1) is 13.5. The van der Waals surface area contributed by atoms with E-state index in [0.29, 0.717) is 6.04 Å². The van der Waals surface area contributed by atoms with Crippen molar-refractivity contribution in [2.24, 2.45) is 5.92 Å². The van der Waals surface area contributed by atoms with Crippen molar-refractivity contribution in [3.63, 3.8) is 0 Å². The van der Waals surface area contributed by atoms with Gasteiger partial charge < -0.3 is 9.64 Å². The molecule has 0 N–H and O–H groups in total. The highest BCUT2D eigenvalue weighted by atomic mass is 16.5. The van der Waals surface area contributed by atoms with E-state index in [9.17, 15) is 4.79 Å². The SMILES string of the molecule is CC1CCCC(N(C)C(=O)COC(C)C)C1. The van der Waals surface area contributed by atoms with E-state index >= 15 is 0 Å². The Balaban J connectivity index is 2.37. The summed E-state index contributed by atoms with van der Waals surface area (Å²) in [4.78, 5) is 13.7. The lowest BCUT2D eigenvalue weighted by Gasteiger charge is -2.34. The van der Waals surface area contributed by atoms with Crippen molar-refractivity contribution in [3.05, 3.63) is 0 Å². The maximum atomic E-state index is 11.9. The third-order valence-corrected chi connectivity index (χ3v) is 3.39. The number of rotatable bonds is 4. The molecule has 1 fully saturated rings. The summed E-state index contributed by atoms with van der Waals surface area (Å²) >= 11 is 0. The number of hydrogen-bond acceptors (Lipinski definition) is 2. The van der Waals surface area contributed by atoms with E-state index in [1.165, 1.54) is 12.8 Å². The van der Waals surface area contributed by atoms with E-state index in [2.05, 4.69) is 6.92 Å². The van der Waals surface area contributed by atoms with Gasteiger partial charge >= 0.3 is 0 Å². The second-order valence-electron chi connectivity index (χ2n) is 5.29. The van der Waals surface area contributed by atoms with Crippen LogP contribution in [0.2, 0.25) is 0 Å². The molecule has 1 saturated carbocycles.